The minimum absolute atomic E-state index is 0.0992. The number of carbonyl (C=O) groups excluding carboxylic acids is 1. The van der Waals surface area contributed by atoms with Gasteiger partial charge in [-0.15, -0.1) is 0 Å². The first-order valence-electron chi connectivity index (χ1n) is 5.13. The number of benzene rings is 1. The molecular formula is C11H11F2NO3. The van der Waals surface area contributed by atoms with Crippen LogP contribution in [0.15, 0.2) is 24.3 Å². The van der Waals surface area contributed by atoms with Crippen molar-refractivity contribution in [2.45, 2.75) is 19.1 Å². The average molecular weight is 243 g/mol. The lowest BCUT2D eigenvalue weighted by Crippen LogP contribution is -2.35. The normalized spacial score (nSPS) is 19.7. The van der Waals surface area contributed by atoms with Gasteiger partial charge >= 0.3 is 12.7 Å². The van der Waals surface area contributed by atoms with Gasteiger partial charge in [-0.1, -0.05) is 12.1 Å². The third-order valence-electron chi connectivity index (χ3n) is 2.44. The Bertz CT molecular complexity index is 394. The highest BCUT2D eigenvalue weighted by atomic mass is 19.3. The number of hydrogen-bond donors (Lipinski definition) is 1. The summed E-state index contributed by atoms with van der Waals surface area (Å²) in [5.74, 6) is 0.0992. The van der Waals surface area contributed by atoms with Gasteiger partial charge in [0.15, 0.2) is 0 Å². The molecule has 1 amide bonds. The predicted octanol–water partition coefficient (Wildman–Crippen LogP) is 2.46. The second kappa shape index (κ2) is 4.99. The first-order chi connectivity index (χ1) is 8.15. The van der Waals surface area contributed by atoms with Gasteiger partial charge in [-0.2, -0.15) is 8.78 Å². The second-order valence-electron chi connectivity index (χ2n) is 3.57. The number of cyclic esters (lactones) is 1. The number of alkyl carbamates (subject to hydrolysis) is 1. The molecule has 6 heteroatoms. The number of alkyl halides is 2. The number of rotatable bonds is 3. The number of nitrogens with one attached hydrogen (secondary N) is 1. The average Bonchev–Trinajstić information content (AvgIpc) is 2.29. The summed E-state index contributed by atoms with van der Waals surface area (Å²) in [5.41, 5.74) is 0.836. The largest absolute Gasteiger partial charge is 0.449 e. The van der Waals surface area contributed by atoms with Gasteiger partial charge in [0.05, 0.1) is 12.6 Å². The Hall–Kier alpha value is -1.85. The van der Waals surface area contributed by atoms with E-state index in [0.29, 0.717) is 13.0 Å². The lowest BCUT2D eigenvalue weighted by Gasteiger charge is -2.23. The SMILES string of the molecule is O=C1N[C@H](c2ccc(OC(F)F)cc2)CCO1. The Balaban J connectivity index is 2.04. The van der Waals surface area contributed by atoms with Gasteiger partial charge < -0.3 is 14.8 Å². The van der Waals surface area contributed by atoms with E-state index >= 15 is 0 Å². The van der Waals surface area contributed by atoms with Crippen molar-refractivity contribution < 1.29 is 23.0 Å². The summed E-state index contributed by atoms with van der Waals surface area (Å²) in [6.07, 6.45) is 0.190. The molecule has 1 N–H and O–H groups in total. The fourth-order valence-corrected chi connectivity index (χ4v) is 1.66. The van der Waals surface area contributed by atoms with Gasteiger partial charge in [0.2, 0.25) is 0 Å². The van der Waals surface area contributed by atoms with Crippen molar-refractivity contribution >= 4 is 6.09 Å². The maximum Gasteiger partial charge on any atom is 0.407 e. The summed E-state index contributed by atoms with van der Waals surface area (Å²) in [4.78, 5) is 11.0. The maximum atomic E-state index is 11.9. The molecule has 0 bridgehead atoms. The zero-order valence-corrected chi connectivity index (χ0v) is 8.86. The van der Waals surface area contributed by atoms with E-state index in [1.54, 1.807) is 12.1 Å². The number of ether oxygens (including phenoxy) is 2. The molecule has 1 fully saturated rings. The number of halogens is 2. The Kier molecular flexibility index (Phi) is 3.41. The van der Waals surface area contributed by atoms with Crippen molar-refractivity contribution in [2.24, 2.45) is 0 Å². The highest BCUT2D eigenvalue weighted by Crippen LogP contribution is 2.23. The monoisotopic (exact) mass is 243 g/mol. The van der Waals surface area contributed by atoms with E-state index in [4.69, 9.17) is 4.74 Å². The van der Waals surface area contributed by atoms with Gasteiger partial charge in [0.25, 0.3) is 0 Å². The number of carbonyl (C=O) groups is 1. The minimum atomic E-state index is -2.83. The van der Waals surface area contributed by atoms with Crippen molar-refractivity contribution in [1.29, 1.82) is 0 Å². The Morgan fingerprint density at radius 3 is 2.65 bits per heavy atom. The highest BCUT2D eigenvalue weighted by molar-refractivity contribution is 5.68. The molecule has 4 nitrogen and oxygen atoms in total. The minimum Gasteiger partial charge on any atom is -0.449 e. The molecule has 2 rings (SSSR count). The lowest BCUT2D eigenvalue weighted by atomic mass is 10.0. The van der Waals surface area contributed by atoms with E-state index in [9.17, 15) is 13.6 Å². The van der Waals surface area contributed by atoms with Crippen LogP contribution < -0.4 is 10.1 Å². The first kappa shape index (κ1) is 11.6. The van der Waals surface area contributed by atoms with Gasteiger partial charge in [-0.25, -0.2) is 4.79 Å². The summed E-state index contributed by atoms with van der Waals surface area (Å²) in [6, 6.07) is 6.05. The van der Waals surface area contributed by atoms with E-state index in [1.807, 2.05) is 0 Å². The molecule has 0 saturated carbocycles. The van der Waals surface area contributed by atoms with Crippen molar-refractivity contribution in [3.8, 4) is 5.75 Å². The number of hydrogen-bond acceptors (Lipinski definition) is 3. The predicted molar refractivity (Wildman–Crippen MR) is 54.9 cm³/mol. The summed E-state index contributed by atoms with van der Waals surface area (Å²) in [6.45, 7) is -2.48. The van der Waals surface area contributed by atoms with E-state index in [-0.39, 0.29) is 11.8 Å². The first-order valence-corrected chi connectivity index (χ1v) is 5.13. The van der Waals surface area contributed by atoms with Crippen LogP contribution >= 0.6 is 0 Å². The lowest BCUT2D eigenvalue weighted by molar-refractivity contribution is -0.0498. The molecule has 0 spiro atoms. The molecule has 17 heavy (non-hydrogen) atoms. The summed E-state index contributed by atoms with van der Waals surface area (Å²) in [5, 5.41) is 2.64. The van der Waals surface area contributed by atoms with Crippen molar-refractivity contribution in [1.82, 2.24) is 5.32 Å². The summed E-state index contributed by atoms with van der Waals surface area (Å²) < 4.78 is 32.8. The molecule has 1 saturated heterocycles. The standard InChI is InChI=1S/C11H11F2NO3/c12-10(13)17-8-3-1-7(2-4-8)9-5-6-16-11(15)14-9/h1-4,9-10H,5-6H2,(H,14,15)/t9-/m0/s1. The van der Waals surface area contributed by atoms with Gasteiger partial charge in [0, 0.05) is 6.42 Å². The molecule has 1 aromatic carbocycles. The number of amides is 1. The summed E-state index contributed by atoms with van der Waals surface area (Å²) >= 11 is 0. The molecule has 0 aliphatic carbocycles. The zero-order chi connectivity index (χ0) is 12.3. The fourth-order valence-electron chi connectivity index (χ4n) is 1.66. The second-order valence-corrected chi connectivity index (χ2v) is 3.57. The van der Waals surface area contributed by atoms with E-state index < -0.39 is 12.7 Å². The molecule has 0 aromatic heterocycles. The van der Waals surface area contributed by atoms with Crippen LogP contribution in [0.1, 0.15) is 18.0 Å². The quantitative estimate of drug-likeness (QED) is 0.887. The van der Waals surface area contributed by atoms with Crippen LogP contribution in [-0.4, -0.2) is 19.3 Å². The topological polar surface area (TPSA) is 47.6 Å². The van der Waals surface area contributed by atoms with E-state index in [2.05, 4.69) is 10.1 Å². The van der Waals surface area contributed by atoms with Crippen LogP contribution in [0.25, 0.3) is 0 Å². The van der Waals surface area contributed by atoms with Crippen molar-refractivity contribution in [3.63, 3.8) is 0 Å². The van der Waals surface area contributed by atoms with Crippen LogP contribution in [0, 0.1) is 0 Å². The van der Waals surface area contributed by atoms with Crippen LogP contribution in [0.2, 0.25) is 0 Å². The smallest absolute Gasteiger partial charge is 0.407 e. The molecule has 0 radical (unpaired) electrons. The van der Waals surface area contributed by atoms with E-state index in [1.165, 1.54) is 12.1 Å². The van der Waals surface area contributed by atoms with E-state index in [0.717, 1.165) is 5.56 Å². The molecule has 1 atom stereocenters. The third kappa shape index (κ3) is 3.05. The summed E-state index contributed by atoms with van der Waals surface area (Å²) in [7, 11) is 0. The molecule has 1 aliphatic heterocycles. The van der Waals surface area contributed by atoms with Crippen molar-refractivity contribution in [3.05, 3.63) is 29.8 Å². The Morgan fingerprint density at radius 1 is 1.35 bits per heavy atom. The van der Waals surface area contributed by atoms with Gasteiger partial charge in [0.1, 0.15) is 5.75 Å². The molecular weight excluding hydrogens is 232 g/mol. The third-order valence-corrected chi connectivity index (χ3v) is 2.44. The van der Waals surface area contributed by atoms with Crippen LogP contribution in [-0.2, 0) is 4.74 Å². The highest BCUT2D eigenvalue weighted by Gasteiger charge is 2.20. The molecule has 92 valence electrons. The van der Waals surface area contributed by atoms with Crippen LogP contribution in [0.3, 0.4) is 0 Å². The van der Waals surface area contributed by atoms with Crippen LogP contribution in [0.5, 0.6) is 5.75 Å². The van der Waals surface area contributed by atoms with Gasteiger partial charge in [-0.05, 0) is 17.7 Å². The zero-order valence-electron chi connectivity index (χ0n) is 8.86. The fraction of sp³-hybridized carbons (Fsp3) is 0.364. The Morgan fingerprint density at radius 2 is 2.06 bits per heavy atom. The van der Waals surface area contributed by atoms with Crippen LogP contribution in [0.4, 0.5) is 13.6 Å². The van der Waals surface area contributed by atoms with Gasteiger partial charge in [-0.3, -0.25) is 0 Å². The van der Waals surface area contributed by atoms with Crippen molar-refractivity contribution in [2.75, 3.05) is 6.61 Å². The molecule has 1 heterocycles. The molecule has 1 aliphatic rings. The maximum absolute atomic E-state index is 11.9. The molecule has 1 aromatic rings. The molecule has 0 unspecified atom stereocenters. The Labute approximate surface area is 96.5 Å².